The van der Waals surface area contributed by atoms with Gasteiger partial charge in [-0.3, -0.25) is 0 Å². The Bertz CT molecular complexity index is 160. The lowest BCUT2D eigenvalue weighted by molar-refractivity contribution is 0.0875. The molecule has 1 aliphatic heterocycles. The lowest BCUT2D eigenvalue weighted by atomic mass is 9.82. The zero-order valence-corrected chi connectivity index (χ0v) is 9.18. The summed E-state index contributed by atoms with van der Waals surface area (Å²) in [6.07, 6.45) is 4.93. The largest absolute Gasteiger partial charge is 0.377 e. The maximum Gasteiger partial charge on any atom is 0.0727 e. The van der Waals surface area contributed by atoms with Gasteiger partial charge in [0.15, 0.2) is 0 Å². The van der Waals surface area contributed by atoms with Crippen LogP contribution in [0.25, 0.3) is 0 Å². The van der Waals surface area contributed by atoms with Crippen molar-refractivity contribution in [3.8, 4) is 0 Å². The highest BCUT2D eigenvalue weighted by atomic mass is 16.5. The Labute approximate surface area is 81.8 Å². The zero-order valence-electron chi connectivity index (χ0n) is 9.18. The molecule has 1 saturated heterocycles. The minimum Gasteiger partial charge on any atom is -0.377 e. The van der Waals surface area contributed by atoms with Crippen LogP contribution in [-0.2, 0) is 4.74 Å². The molecule has 1 fully saturated rings. The van der Waals surface area contributed by atoms with Gasteiger partial charge in [0, 0.05) is 12.1 Å². The molecule has 13 heavy (non-hydrogen) atoms. The van der Waals surface area contributed by atoms with Gasteiger partial charge in [0.1, 0.15) is 0 Å². The molecule has 1 heterocycles. The Morgan fingerprint density at radius 1 is 1.62 bits per heavy atom. The highest BCUT2D eigenvalue weighted by Gasteiger charge is 2.38. The number of ether oxygens (including phenoxy) is 1. The van der Waals surface area contributed by atoms with Gasteiger partial charge >= 0.3 is 0 Å². The first-order valence-electron chi connectivity index (χ1n) is 5.49. The molecule has 0 radical (unpaired) electrons. The van der Waals surface area contributed by atoms with E-state index in [2.05, 4.69) is 20.8 Å². The standard InChI is InChI=1S/C11H23NO/c1-4-5-9(2)8-11(12)6-7-13-10(11)3/h9-10H,4-8,12H2,1-3H3. The summed E-state index contributed by atoms with van der Waals surface area (Å²) in [7, 11) is 0. The molecular weight excluding hydrogens is 162 g/mol. The molecule has 0 aromatic carbocycles. The third-order valence-corrected chi connectivity index (χ3v) is 3.25. The Hall–Kier alpha value is -0.0800. The molecule has 0 spiro atoms. The predicted octanol–water partition coefficient (Wildman–Crippen LogP) is 2.32. The van der Waals surface area contributed by atoms with Crippen LogP contribution in [0.2, 0.25) is 0 Å². The minimum atomic E-state index is -0.0470. The van der Waals surface area contributed by atoms with Crippen molar-refractivity contribution >= 4 is 0 Å². The Balaban J connectivity index is 2.41. The normalized spacial score (nSPS) is 36.5. The molecule has 1 aliphatic rings. The van der Waals surface area contributed by atoms with Crippen LogP contribution in [0.3, 0.4) is 0 Å². The van der Waals surface area contributed by atoms with Crippen LogP contribution >= 0.6 is 0 Å². The molecule has 2 nitrogen and oxygen atoms in total. The minimum absolute atomic E-state index is 0.0470. The fraction of sp³-hybridized carbons (Fsp3) is 1.00. The van der Waals surface area contributed by atoms with Crippen LogP contribution in [0, 0.1) is 5.92 Å². The van der Waals surface area contributed by atoms with E-state index in [4.69, 9.17) is 10.5 Å². The van der Waals surface area contributed by atoms with E-state index in [0.29, 0.717) is 0 Å². The first-order chi connectivity index (χ1) is 6.08. The number of nitrogens with two attached hydrogens (primary N) is 1. The Kier molecular flexibility index (Phi) is 3.74. The third kappa shape index (κ3) is 2.68. The van der Waals surface area contributed by atoms with Gasteiger partial charge in [0.25, 0.3) is 0 Å². The van der Waals surface area contributed by atoms with Gasteiger partial charge in [-0.15, -0.1) is 0 Å². The van der Waals surface area contributed by atoms with Crippen LogP contribution in [0.4, 0.5) is 0 Å². The number of rotatable bonds is 4. The first kappa shape index (κ1) is 11.0. The summed E-state index contributed by atoms with van der Waals surface area (Å²) in [4.78, 5) is 0. The fourth-order valence-corrected chi connectivity index (χ4v) is 2.31. The molecule has 0 saturated carbocycles. The van der Waals surface area contributed by atoms with Crippen molar-refractivity contribution < 1.29 is 4.74 Å². The molecule has 78 valence electrons. The maximum atomic E-state index is 6.31. The monoisotopic (exact) mass is 185 g/mol. The fourth-order valence-electron chi connectivity index (χ4n) is 2.31. The highest BCUT2D eigenvalue weighted by molar-refractivity contribution is 4.95. The van der Waals surface area contributed by atoms with Crippen LogP contribution in [0.1, 0.15) is 46.5 Å². The molecule has 0 amide bonds. The van der Waals surface area contributed by atoms with Crippen molar-refractivity contribution in [2.24, 2.45) is 11.7 Å². The van der Waals surface area contributed by atoms with Crippen LogP contribution in [0.5, 0.6) is 0 Å². The van der Waals surface area contributed by atoms with E-state index >= 15 is 0 Å². The topological polar surface area (TPSA) is 35.2 Å². The predicted molar refractivity (Wildman–Crippen MR) is 55.6 cm³/mol. The van der Waals surface area contributed by atoms with Crippen molar-refractivity contribution in [3.63, 3.8) is 0 Å². The van der Waals surface area contributed by atoms with E-state index in [1.165, 1.54) is 12.8 Å². The van der Waals surface area contributed by atoms with E-state index in [9.17, 15) is 0 Å². The van der Waals surface area contributed by atoms with Gasteiger partial charge in [-0.05, 0) is 25.7 Å². The van der Waals surface area contributed by atoms with Crippen LogP contribution in [-0.4, -0.2) is 18.2 Å². The van der Waals surface area contributed by atoms with E-state index in [-0.39, 0.29) is 11.6 Å². The summed E-state index contributed by atoms with van der Waals surface area (Å²) in [6, 6.07) is 0. The number of hydrogen-bond donors (Lipinski definition) is 1. The van der Waals surface area contributed by atoms with Crippen molar-refractivity contribution in [1.82, 2.24) is 0 Å². The van der Waals surface area contributed by atoms with Gasteiger partial charge in [-0.25, -0.2) is 0 Å². The summed E-state index contributed by atoms with van der Waals surface area (Å²) in [5.74, 6) is 0.735. The third-order valence-electron chi connectivity index (χ3n) is 3.25. The summed E-state index contributed by atoms with van der Waals surface area (Å²) in [5.41, 5.74) is 6.26. The van der Waals surface area contributed by atoms with Gasteiger partial charge in [0.2, 0.25) is 0 Å². The second-order valence-corrected chi connectivity index (χ2v) is 4.59. The summed E-state index contributed by atoms with van der Waals surface area (Å²) < 4.78 is 5.52. The summed E-state index contributed by atoms with van der Waals surface area (Å²) >= 11 is 0. The van der Waals surface area contributed by atoms with Crippen molar-refractivity contribution in [2.75, 3.05) is 6.61 Å². The molecule has 1 rings (SSSR count). The van der Waals surface area contributed by atoms with Crippen molar-refractivity contribution in [2.45, 2.75) is 58.1 Å². The van der Waals surface area contributed by atoms with Gasteiger partial charge < -0.3 is 10.5 Å². The zero-order chi connectivity index (χ0) is 9.90. The lowest BCUT2D eigenvalue weighted by Gasteiger charge is -2.30. The highest BCUT2D eigenvalue weighted by Crippen LogP contribution is 2.30. The molecular formula is C11H23NO. The Morgan fingerprint density at radius 3 is 2.77 bits per heavy atom. The quantitative estimate of drug-likeness (QED) is 0.729. The molecule has 0 aliphatic carbocycles. The second-order valence-electron chi connectivity index (χ2n) is 4.59. The van der Waals surface area contributed by atoms with Crippen molar-refractivity contribution in [1.29, 1.82) is 0 Å². The summed E-state index contributed by atoms with van der Waals surface area (Å²) in [5, 5.41) is 0. The van der Waals surface area contributed by atoms with E-state index in [1.807, 2.05) is 0 Å². The SMILES string of the molecule is CCCC(C)CC1(N)CCOC1C. The lowest BCUT2D eigenvalue weighted by Crippen LogP contribution is -2.47. The van der Waals surface area contributed by atoms with Crippen LogP contribution in [0.15, 0.2) is 0 Å². The molecule has 0 aromatic rings. The van der Waals surface area contributed by atoms with E-state index in [1.54, 1.807) is 0 Å². The molecule has 2 heteroatoms. The van der Waals surface area contributed by atoms with E-state index in [0.717, 1.165) is 25.4 Å². The van der Waals surface area contributed by atoms with Crippen molar-refractivity contribution in [3.05, 3.63) is 0 Å². The van der Waals surface area contributed by atoms with Gasteiger partial charge in [-0.2, -0.15) is 0 Å². The Morgan fingerprint density at radius 2 is 2.31 bits per heavy atom. The smallest absolute Gasteiger partial charge is 0.0727 e. The van der Waals surface area contributed by atoms with Gasteiger partial charge in [0.05, 0.1) is 6.10 Å². The first-order valence-corrected chi connectivity index (χ1v) is 5.49. The second kappa shape index (κ2) is 4.43. The molecule has 2 N–H and O–H groups in total. The average Bonchev–Trinajstić information content (AvgIpc) is 2.32. The maximum absolute atomic E-state index is 6.31. The average molecular weight is 185 g/mol. The molecule has 3 atom stereocenters. The van der Waals surface area contributed by atoms with Crippen LogP contribution < -0.4 is 5.73 Å². The van der Waals surface area contributed by atoms with E-state index < -0.39 is 0 Å². The van der Waals surface area contributed by atoms with Gasteiger partial charge in [-0.1, -0.05) is 26.7 Å². The molecule has 0 aromatic heterocycles. The molecule has 0 bridgehead atoms. The summed E-state index contributed by atoms with van der Waals surface area (Å²) in [6.45, 7) is 7.47. The number of hydrogen-bond acceptors (Lipinski definition) is 2. The molecule has 3 unspecified atom stereocenters.